The number of rotatable bonds is 5. The summed E-state index contributed by atoms with van der Waals surface area (Å²) in [6.45, 7) is 0.833. The number of phosphoric ester groups is 1. The molecule has 0 saturated carbocycles. The van der Waals surface area contributed by atoms with Crippen LogP contribution in [0.2, 0.25) is 0 Å². The van der Waals surface area contributed by atoms with Crippen LogP contribution in [0.3, 0.4) is 0 Å². The fourth-order valence-electron chi connectivity index (χ4n) is 2.31. The highest BCUT2D eigenvalue weighted by Gasteiger charge is 2.40. The van der Waals surface area contributed by atoms with Crippen molar-refractivity contribution in [1.82, 2.24) is 9.55 Å². The third-order valence-electron chi connectivity index (χ3n) is 3.33. The molecule has 1 aliphatic heterocycles. The molecule has 122 valence electrons. The van der Waals surface area contributed by atoms with E-state index >= 15 is 0 Å². The molecule has 0 aromatic carbocycles. The number of aromatic nitrogens is 2. The summed E-state index contributed by atoms with van der Waals surface area (Å²) in [5, 5.41) is 0. The highest BCUT2D eigenvalue weighted by molar-refractivity contribution is 7.46. The van der Waals surface area contributed by atoms with E-state index in [0.29, 0.717) is 0 Å². The summed E-state index contributed by atoms with van der Waals surface area (Å²) in [5.74, 6) is -0.922. The van der Waals surface area contributed by atoms with Gasteiger partial charge in [0.15, 0.2) is 0 Å². The van der Waals surface area contributed by atoms with Gasteiger partial charge in [-0.2, -0.15) is 0 Å². The fraction of sp³-hybridized carbons (Fsp3) is 0.545. The highest BCUT2D eigenvalue weighted by Crippen LogP contribution is 2.39. The molecule has 22 heavy (non-hydrogen) atoms. The van der Waals surface area contributed by atoms with Gasteiger partial charge >= 0.3 is 13.5 Å². The molecule has 1 fully saturated rings. The maximum atomic E-state index is 11.7. The van der Waals surface area contributed by atoms with Crippen LogP contribution in [0.1, 0.15) is 19.6 Å². The van der Waals surface area contributed by atoms with Crippen LogP contribution in [0.15, 0.2) is 21.9 Å². The Morgan fingerprint density at radius 1 is 1.55 bits per heavy atom. The standard InChI is InChI=1S/C11H15N2O8P/c1-6(14)7-4-10(13-3-2-9(15)12-11(13)16)21-8(7)5-20-22(17,18)19/h2-3,7-8,10H,4-5H2,1H3,(H,12,15,16)(H2,17,18,19). The molecule has 0 aliphatic carbocycles. The molecule has 0 bridgehead atoms. The lowest BCUT2D eigenvalue weighted by molar-refractivity contribution is -0.123. The first kappa shape index (κ1) is 16.8. The first-order valence-corrected chi connectivity index (χ1v) is 7.88. The molecule has 0 amide bonds. The second kappa shape index (κ2) is 6.27. The van der Waals surface area contributed by atoms with E-state index in [0.717, 1.165) is 10.6 Å². The number of hydrogen-bond acceptors (Lipinski definition) is 6. The molecule has 1 aromatic heterocycles. The average molecular weight is 334 g/mol. The summed E-state index contributed by atoms with van der Waals surface area (Å²) in [6, 6.07) is 1.13. The van der Waals surface area contributed by atoms with E-state index in [1.54, 1.807) is 0 Å². The van der Waals surface area contributed by atoms with E-state index in [1.807, 2.05) is 0 Å². The number of ketones is 1. The lowest BCUT2D eigenvalue weighted by Gasteiger charge is -2.17. The molecule has 1 saturated heterocycles. The number of nitrogens with zero attached hydrogens (tertiary/aromatic N) is 1. The number of phosphoric acid groups is 1. The first-order valence-electron chi connectivity index (χ1n) is 6.35. The number of hydrogen-bond donors (Lipinski definition) is 3. The van der Waals surface area contributed by atoms with Crippen molar-refractivity contribution in [3.63, 3.8) is 0 Å². The van der Waals surface area contributed by atoms with Crippen molar-refractivity contribution < 1.29 is 28.4 Å². The minimum Gasteiger partial charge on any atom is -0.351 e. The van der Waals surface area contributed by atoms with Crippen molar-refractivity contribution in [2.45, 2.75) is 25.7 Å². The SMILES string of the molecule is CC(=O)C1CC(n2ccc(=O)[nH]c2=O)OC1COP(=O)(O)O. The van der Waals surface area contributed by atoms with Gasteiger partial charge in [-0.1, -0.05) is 0 Å². The Morgan fingerprint density at radius 2 is 2.23 bits per heavy atom. The van der Waals surface area contributed by atoms with Crippen LogP contribution < -0.4 is 11.2 Å². The number of ether oxygens (including phenoxy) is 1. The van der Waals surface area contributed by atoms with Crippen molar-refractivity contribution in [3.8, 4) is 0 Å². The number of H-pyrrole nitrogens is 1. The first-order chi connectivity index (χ1) is 10.2. The highest BCUT2D eigenvalue weighted by atomic mass is 31.2. The summed E-state index contributed by atoms with van der Waals surface area (Å²) in [6.07, 6.45) is -0.358. The quantitative estimate of drug-likeness (QED) is 0.589. The van der Waals surface area contributed by atoms with Crippen molar-refractivity contribution in [2.75, 3.05) is 6.61 Å². The second-order valence-electron chi connectivity index (χ2n) is 4.89. The number of aromatic amines is 1. The molecular formula is C11H15N2O8P. The Bertz CT molecular complexity index is 719. The maximum Gasteiger partial charge on any atom is 0.469 e. The Labute approximate surface area is 123 Å². The van der Waals surface area contributed by atoms with Crippen LogP contribution in [0.5, 0.6) is 0 Å². The molecule has 3 unspecified atom stereocenters. The van der Waals surface area contributed by atoms with Crippen molar-refractivity contribution in [3.05, 3.63) is 33.1 Å². The summed E-state index contributed by atoms with van der Waals surface area (Å²) in [5.41, 5.74) is -1.26. The normalized spacial score (nSPS) is 25.3. The molecule has 3 atom stereocenters. The molecule has 2 rings (SSSR count). The van der Waals surface area contributed by atoms with Gasteiger partial charge in [0.05, 0.1) is 18.6 Å². The van der Waals surface area contributed by atoms with Crippen LogP contribution in [-0.4, -0.2) is 37.8 Å². The Morgan fingerprint density at radius 3 is 2.77 bits per heavy atom. The van der Waals surface area contributed by atoms with Gasteiger partial charge in [-0.05, 0) is 6.92 Å². The summed E-state index contributed by atoms with van der Waals surface area (Å²) in [7, 11) is -4.69. The fourth-order valence-corrected chi connectivity index (χ4v) is 2.65. The number of carbonyl (C=O) groups excluding carboxylic acids is 1. The largest absolute Gasteiger partial charge is 0.469 e. The van der Waals surface area contributed by atoms with Crippen LogP contribution in [0.4, 0.5) is 0 Å². The molecule has 10 nitrogen and oxygen atoms in total. The third-order valence-corrected chi connectivity index (χ3v) is 3.81. The number of nitrogens with one attached hydrogen (secondary N) is 1. The van der Waals surface area contributed by atoms with E-state index in [9.17, 15) is 18.9 Å². The molecule has 11 heteroatoms. The van der Waals surface area contributed by atoms with Gasteiger partial charge in [0.1, 0.15) is 12.0 Å². The van der Waals surface area contributed by atoms with Gasteiger partial charge < -0.3 is 14.5 Å². The zero-order valence-electron chi connectivity index (χ0n) is 11.5. The lowest BCUT2D eigenvalue weighted by atomic mass is 9.97. The van der Waals surface area contributed by atoms with Crippen molar-refractivity contribution >= 4 is 13.6 Å². The molecule has 0 radical (unpaired) electrons. The Balaban J connectivity index is 2.19. The van der Waals surface area contributed by atoms with Crippen LogP contribution >= 0.6 is 7.82 Å². The van der Waals surface area contributed by atoms with E-state index in [-0.39, 0.29) is 12.2 Å². The van der Waals surface area contributed by atoms with Gasteiger partial charge in [-0.15, -0.1) is 0 Å². The monoisotopic (exact) mass is 334 g/mol. The summed E-state index contributed by atoms with van der Waals surface area (Å²) < 4.78 is 21.7. The molecule has 2 heterocycles. The van der Waals surface area contributed by atoms with Crippen molar-refractivity contribution in [2.24, 2.45) is 5.92 Å². The summed E-state index contributed by atoms with van der Waals surface area (Å²) >= 11 is 0. The molecule has 1 aromatic rings. The van der Waals surface area contributed by atoms with Crippen LogP contribution in [0.25, 0.3) is 0 Å². The van der Waals surface area contributed by atoms with E-state index in [1.165, 1.54) is 13.1 Å². The topological polar surface area (TPSA) is 148 Å². The number of Topliss-reactive ketones (excluding diaryl/α,β-unsaturated/α-hetero) is 1. The third kappa shape index (κ3) is 3.99. The molecule has 3 N–H and O–H groups in total. The van der Waals surface area contributed by atoms with Crippen molar-refractivity contribution in [1.29, 1.82) is 0 Å². The minimum absolute atomic E-state index is 0.135. The van der Waals surface area contributed by atoms with Gasteiger partial charge in [-0.25, -0.2) is 9.36 Å². The lowest BCUT2D eigenvalue weighted by Crippen LogP contribution is -2.31. The molecule has 1 aliphatic rings. The number of carbonyl (C=O) groups is 1. The van der Waals surface area contributed by atoms with Gasteiger partial charge in [0.25, 0.3) is 5.56 Å². The smallest absolute Gasteiger partial charge is 0.351 e. The van der Waals surface area contributed by atoms with E-state index in [2.05, 4.69) is 9.51 Å². The average Bonchev–Trinajstić information content (AvgIpc) is 2.79. The van der Waals surface area contributed by atoms with E-state index < -0.39 is 43.9 Å². The predicted molar refractivity (Wildman–Crippen MR) is 72.0 cm³/mol. The minimum atomic E-state index is -4.69. The van der Waals surface area contributed by atoms with Gasteiger partial charge in [0, 0.05) is 18.7 Å². The zero-order valence-corrected chi connectivity index (χ0v) is 12.4. The van der Waals surface area contributed by atoms with Gasteiger partial charge in [-0.3, -0.25) is 23.7 Å². The van der Waals surface area contributed by atoms with Crippen LogP contribution in [-0.2, 0) is 18.6 Å². The zero-order chi connectivity index (χ0) is 16.5. The van der Waals surface area contributed by atoms with Gasteiger partial charge in [0.2, 0.25) is 0 Å². The molecule has 0 spiro atoms. The summed E-state index contributed by atoms with van der Waals surface area (Å²) in [4.78, 5) is 53.9. The Hall–Kier alpha value is -1.58. The predicted octanol–water partition coefficient (Wildman–Crippen LogP) is -0.861. The Kier molecular flexibility index (Phi) is 4.78. The molecular weight excluding hydrogens is 319 g/mol. The second-order valence-corrected chi connectivity index (χ2v) is 6.13. The van der Waals surface area contributed by atoms with Crippen LogP contribution in [0, 0.1) is 5.92 Å². The maximum absolute atomic E-state index is 11.7. The van der Waals surface area contributed by atoms with E-state index in [4.69, 9.17) is 14.5 Å².